The number of anilines is 1. The Balaban J connectivity index is 2.27. The van der Waals surface area contributed by atoms with Crippen molar-refractivity contribution < 1.29 is 13.2 Å². The maximum atomic E-state index is 12.4. The first kappa shape index (κ1) is 17.6. The maximum Gasteiger partial charge on any atom is 0.321 e. The van der Waals surface area contributed by atoms with Gasteiger partial charge in [0.15, 0.2) is 5.82 Å². The zero-order chi connectivity index (χ0) is 17.7. The number of nitrogens with zero attached hydrogens (tertiary/aromatic N) is 5. The van der Waals surface area contributed by atoms with Crippen molar-refractivity contribution in [2.75, 3.05) is 26.1 Å². The van der Waals surface area contributed by atoms with Crippen LogP contribution in [0, 0.1) is 11.3 Å². The highest BCUT2D eigenvalue weighted by Crippen LogP contribution is 2.15. The zero-order valence-electron chi connectivity index (χ0n) is 13.4. The minimum absolute atomic E-state index is 0.0622. The third kappa shape index (κ3) is 3.95. The van der Waals surface area contributed by atoms with Gasteiger partial charge in [0.25, 0.3) is 0 Å². The predicted octanol–water partition coefficient (Wildman–Crippen LogP) is 0.296. The van der Waals surface area contributed by atoms with Crippen molar-refractivity contribution in [3.05, 3.63) is 35.7 Å². The van der Waals surface area contributed by atoms with Crippen molar-refractivity contribution in [3.8, 4) is 12.1 Å². The van der Waals surface area contributed by atoms with Gasteiger partial charge in [-0.25, -0.2) is 13.1 Å². The van der Waals surface area contributed by atoms with Gasteiger partial charge in [-0.15, -0.1) is 0 Å². The number of methoxy groups -OCH3 is 1. The van der Waals surface area contributed by atoms with Crippen molar-refractivity contribution in [1.29, 1.82) is 5.26 Å². The summed E-state index contributed by atoms with van der Waals surface area (Å²) >= 11 is 0. The SMILES string of the molecule is COc1nc(CNS(=O)(=O)c2ccccc2C#N)nc(N(C)C)n1. The van der Waals surface area contributed by atoms with Gasteiger partial charge in [0.05, 0.1) is 24.1 Å². The second-order valence-corrected chi connectivity index (χ2v) is 6.60. The third-order valence-electron chi connectivity index (χ3n) is 2.95. The maximum absolute atomic E-state index is 12.4. The first-order valence-corrected chi connectivity index (χ1v) is 8.30. The average molecular weight is 348 g/mol. The Kier molecular flexibility index (Phi) is 5.28. The molecule has 0 atom stereocenters. The molecule has 0 unspecified atom stereocenters. The lowest BCUT2D eigenvalue weighted by atomic mass is 10.2. The molecule has 0 aliphatic carbocycles. The Morgan fingerprint density at radius 1 is 1.25 bits per heavy atom. The molecule has 0 saturated carbocycles. The van der Waals surface area contributed by atoms with E-state index in [9.17, 15) is 8.42 Å². The topological polar surface area (TPSA) is 121 Å². The molecule has 24 heavy (non-hydrogen) atoms. The van der Waals surface area contributed by atoms with Crippen LogP contribution >= 0.6 is 0 Å². The minimum Gasteiger partial charge on any atom is -0.467 e. The highest BCUT2D eigenvalue weighted by atomic mass is 32.2. The van der Waals surface area contributed by atoms with E-state index in [1.54, 1.807) is 31.1 Å². The zero-order valence-corrected chi connectivity index (χ0v) is 14.2. The molecular weight excluding hydrogens is 332 g/mol. The summed E-state index contributed by atoms with van der Waals surface area (Å²) in [6, 6.07) is 7.88. The van der Waals surface area contributed by atoms with Gasteiger partial charge in [-0.1, -0.05) is 12.1 Å². The van der Waals surface area contributed by atoms with Crippen LogP contribution in [0.15, 0.2) is 29.2 Å². The van der Waals surface area contributed by atoms with Crippen LogP contribution in [0.3, 0.4) is 0 Å². The molecule has 2 rings (SSSR count). The number of benzene rings is 1. The van der Waals surface area contributed by atoms with Gasteiger partial charge in [0.2, 0.25) is 16.0 Å². The van der Waals surface area contributed by atoms with Crippen LogP contribution in [0.1, 0.15) is 11.4 Å². The van der Waals surface area contributed by atoms with E-state index in [0.29, 0.717) is 5.95 Å². The molecule has 0 aliphatic heterocycles. The van der Waals surface area contributed by atoms with E-state index in [2.05, 4.69) is 19.7 Å². The summed E-state index contributed by atoms with van der Waals surface area (Å²) in [6.07, 6.45) is 0. The normalized spacial score (nSPS) is 10.9. The van der Waals surface area contributed by atoms with Gasteiger partial charge < -0.3 is 9.64 Å². The van der Waals surface area contributed by atoms with Crippen molar-refractivity contribution in [1.82, 2.24) is 19.7 Å². The Bertz CT molecular complexity index is 876. The largest absolute Gasteiger partial charge is 0.467 e. The quantitative estimate of drug-likeness (QED) is 0.791. The lowest BCUT2D eigenvalue weighted by molar-refractivity contribution is 0.375. The molecule has 0 radical (unpaired) electrons. The molecule has 1 aromatic carbocycles. The van der Waals surface area contributed by atoms with E-state index in [-0.39, 0.29) is 28.8 Å². The molecule has 0 fully saturated rings. The van der Waals surface area contributed by atoms with Crippen molar-refractivity contribution in [3.63, 3.8) is 0 Å². The van der Waals surface area contributed by atoms with Crippen LogP contribution in [-0.2, 0) is 16.6 Å². The first-order chi connectivity index (χ1) is 11.4. The molecule has 126 valence electrons. The number of sulfonamides is 1. The summed E-state index contributed by atoms with van der Waals surface area (Å²) in [6.45, 7) is -0.165. The average Bonchev–Trinajstić information content (AvgIpc) is 2.59. The summed E-state index contributed by atoms with van der Waals surface area (Å²) in [4.78, 5) is 13.8. The molecule has 0 amide bonds. The van der Waals surface area contributed by atoms with Crippen molar-refractivity contribution in [2.45, 2.75) is 11.4 Å². The van der Waals surface area contributed by atoms with Gasteiger partial charge >= 0.3 is 6.01 Å². The van der Waals surface area contributed by atoms with Crippen LogP contribution in [0.5, 0.6) is 6.01 Å². The van der Waals surface area contributed by atoms with E-state index in [1.165, 1.54) is 19.2 Å². The number of nitrogens with one attached hydrogen (secondary N) is 1. The van der Waals surface area contributed by atoms with Crippen LogP contribution < -0.4 is 14.4 Å². The molecule has 1 N–H and O–H groups in total. The number of hydrogen-bond donors (Lipinski definition) is 1. The van der Waals surface area contributed by atoms with Gasteiger partial charge in [-0.2, -0.15) is 20.2 Å². The summed E-state index contributed by atoms with van der Waals surface area (Å²) in [7, 11) is 1.01. The van der Waals surface area contributed by atoms with E-state index < -0.39 is 10.0 Å². The van der Waals surface area contributed by atoms with Crippen LogP contribution in [-0.4, -0.2) is 44.6 Å². The van der Waals surface area contributed by atoms with E-state index in [4.69, 9.17) is 10.00 Å². The van der Waals surface area contributed by atoms with E-state index in [0.717, 1.165) is 0 Å². The molecule has 0 spiro atoms. The van der Waals surface area contributed by atoms with Crippen LogP contribution in [0.4, 0.5) is 5.95 Å². The molecule has 0 saturated heterocycles. The van der Waals surface area contributed by atoms with E-state index in [1.807, 2.05) is 6.07 Å². The molecule has 9 nitrogen and oxygen atoms in total. The first-order valence-electron chi connectivity index (χ1n) is 6.82. The van der Waals surface area contributed by atoms with Crippen LogP contribution in [0.25, 0.3) is 0 Å². The number of ether oxygens (including phenoxy) is 1. The minimum atomic E-state index is -3.88. The highest BCUT2D eigenvalue weighted by Gasteiger charge is 2.19. The van der Waals surface area contributed by atoms with Crippen LogP contribution in [0.2, 0.25) is 0 Å². The van der Waals surface area contributed by atoms with E-state index >= 15 is 0 Å². The number of nitriles is 1. The second kappa shape index (κ2) is 7.20. The summed E-state index contributed by atoms with van der Waals surface area (Å²) < 4.78 is 32.1. The second-order valence-electron chi connectivity index (χ2n) is 4.87. The lowest BCUT2D eigenvalue weighted by Crippen LogP contribution is -2.26. The summed E-state index contributed by atoms with van der Waals surface area (Å²) in [5.74, 6) is 0.539. The molecular formula is C14H16N6O3S. The smallest absolute Gasteiger partial charge is 0.321 e. The van der Waals surface area contributed by atoms with Gasteiger partial charge in [0.1, 0.15) is 6.07 Å². The Labute approximate surface area is 140 Å². The molecule has 1 heterocycles. The number of rotatable bonds is 6. The summed E-state index contributed by atoms with van der Waals surface area (Å²) in [5, 5.41) is 9.04. The molecule has 0 bridgehead atoms. The molecule has 10 heteroatoms. The fourth-order valence-corrected chi connectivity index (χ4v) is 2.92. The van der Waals surface area contributed by atoms with Crippen molar-refractivity contribution in [2.24, 2.45) is 0 Å². The molecule has 1 aromatic heterocycles. The fourth-order valence-electron chi connectivity index (χ4n) is 1.79. The fraction of sp³-hybridized carbons (Fsp3) is 0.286. The van der Waals surface area contributed by atoms with Gasteiger partial charge in [-0.05, 0) is 12.1 Å². The third-order valence-corrected chi connectivity index (χ3v) is 4.41. The lowest BCUT2D eigenvalue weighted by Gasteiger charge is -2.12. The standard InChI is InChI=1S/C14H16N6O3S/c1-20(2)13-17-12(18-14(19-13)23-3)9-16-24(21,22)11-7-5-4-6-10(11)8-15/h4-7,16H,9H2,1-3H3. The Morgan fingerprint density at radius 2 is 1.96 bits per heavy atom. The summed E-state index contributed by atoms with van der Waals surface area (Å²) in [5.41, 5.74) is 0.0622. The number of hydrogen-bond acceptors (Lipinski definition) is 8. The Hall–Kier alpha value is -2.77. The van der Waals surface area contributed by atoms with Crippen molar-refractivity contribution >= 4 is 16.0 Å². The monoisotopic (exact) mass is 348 g/mol. The predicted molar refractivity (Wildman–Crippen MR) is 85.9 cm³/mol. The number of aromatic nitrogens is 3. The molecule has 0 aliphatic rings. The van der Waals surface area contributed by atoms with Gasteiger partial charge in [-0.3, -0.25) is 0 Å². The van der Waals surface area contributed by atoms with Gasteiger partial charge in [0, 0.05) is 14.1 Å². The Morgan fingerprint density at radius 3 is 2.58 bits per heavy atom. The highest BCUT2D eigenvalue weighted by molar-refractivity contribution is 7.89. The molecule has 2 aromatic rings.